The molecule has 0 aliphatic carbocycles. The number of anilines is 1. The van der Waals surface area contributed by atoms with Gasteiger partial charge in [0.25, 0.3) is 17.5 Å². The number of non-ortho nitro benzene ring substituents is 1. The summed E-state index contributed by atoms with van der Waals surface area (Å²) in [6, 6.07) is 8.87. The molecule has 164 valence electrons. The second kappa shape index (κ2) is 9.77. The highest BCUT2D eigenvalue weighted by atomic mass is 32.2. The van der Waals surface area contributed by atoms with Gasteiger partial charge in [-0.05, 0) is 37.3 Å². The maximum absolute atomic E-state index is 12.4. The monoisotopic (exact) mass is 449 g/mol. The highest BCUT2D eigenvalue weighted by molar-refractivity contribution is 7.89. The first-order valence-corrected chi connectivity index (χ1v) is 10.2. The zero-order valence-corrected chi connectivity index (χ0v) is 17.2. The summed E-state index contributed by atoms with van der Waals surface area (Å²) in [7, 11) is -4.07. The van der Waals surface area contributed by atoms with Crippen LogP contribution in [0.25, 0.3) is 0 Å². The van der Waals surface area contributed by atoms with E-state index in [-0.39, 0.29) is 22.1 Å². The molecule has 0 bridgehead atoms. The summed E-state index contributed by atoms with van der Waals surface area (Å²) in [4.78, 5) is 45.1. The van der Waals surface area contributed by atoms with Crippen LogP contribution < -0.4 is 20.9 Å². The van der Waals surface area contributed by atoms with Crippen molar-refractivity contribution in [2.45, 2.75) is 24.8 Å². The summed E-state index contributed by atoms with van der Waals surface area (Å²) in [5.74, 6) is -2.00. The van der Waals surface area contributed by atoms with Crippen LogP contribution in [0.5, 0.6) is 0 Å². The summed E-state index contributed by atoms with van der Waals surface area (Å²) in [5, 5.41) is 13.3. The number of carbonyl (C=O) groups excluding carboxylic acids is 3. The van der Waals surface area contributed by atoms with Gasteiger partial charge in [0.05, 0.1) is 15.9 Å². The van der Waals surface area contributed by atoms with Crippen molar-refractivity contribution in [2.75, 3.05) is 5.32 Å². The topological polar surface area (TPSA) is 177 Å². The minimum atomic E-state index is -4.07. The van der Waals surface area contributed by atoms with Gasteiger partial charge in [-0.1, -0.05) is 6.07 Å². The molecule has 13 heteroatoms. The fourth-order valence-electron chi connectivity index (χ4n) is 2.33. The second-order valence-electron chi connectivity index (χ2n) is 6.30. The number of hydrazine groups is 1. The molecule has 0 spiro atoms. The Kier molecular flexibility index (Phi) is 7.39. The average Bonchev–Trinajstić information content (AvgIpc) is 2.71. The number of carbonyl (C=O) groups is 3. The van der Waals surface area contributed by atoms with Crippen LogP contribution in [0.4, 0.5) is 11.4 Å². The zero-order chi connectivity index (χ0) is 23.2. The van der Waals surface area contributed by atoms with Gasteiger partial charge in [-0.2, -0.15) is 4.72 Å². The number of hydrogen-bond acceptors (Lipinski definition) is 7. The first-order valence-electron chi connectivity index (χ1n) is 8.74. The maximum atomic E-state index is 12.4. The molecule has 0 aromatic heterocycles. The molecule has 1 atom stereocenters. The lowest BCUT2D eigenvalue weighted by atomic mass is 10.2. The first-order chi connectivity index (χ1) is 14.5. The maximum Gasteiger partial charge on any atom is 0.270 e. The molecule has 12 nitrogen and oxygen atoms in total. The molecule has 3 amide bonds. The molecule has 0 aliphatic heterocycles. The Morgan fingerprint density at radius 2 is 1.68 bits per heavy atom. The van der Waals surface area contributed by atoms with E-state index in [2.05, 4.69) is 20.9 Å². The molecule has 0 unspecified atom stereocenters. The number of sulfonamides is 1. The summed E-state index contributed by atoms with van der Waals surface area (Å²) in [6.45, 7) is 2.57. The van der Waals surface area contributed by atoms with E-state index in [1.807, 2.05) is 0 Å². The Morgan fingerprint density at radius 1 is 1.03 bits per heavy atom. The molecule has 0 radical (unpaired) electrons. The molecule has 2 aromatic rings. The Morgan fingerprint density at radius 3 is 2.26 bits per heavy atom. The van der Waals surface area contributed by atoms with Gasteiger partial charge in [-0.15, -0.1) is 0 Å². The third-order valence-corrected chi connectivity index (χ3v) is 5.39. The van der Waals surface area contributed by atoms with Crippen LogP contribution in [-0.2, 0) is 19.6 Å². The molecule has 4 N–H and O–H groups in total. The van der Waals surface area contributed by atoms with Crippen LogP contribution in [0.1, 0.15) is 24.2 Å². The van der Waals surface area contributed by atoms with E-state index in [4.69, 9.17) is 0 Å². The van der Waals surface area contributed by atoms with E-state index in [0.29, 0.717) is 5.69 Å². The van der Waals surface area contributed by atoms with Crippen LogP contribution in [-0.4, -0.2) is 37.1 Å². The second-order valence-corrected chi connectivity index (χ2v) is 8.01. The van der Waals surface area contributed by atoms with Crippen LogP contribution in [0.2, 0.25) is 0 Å². The van der Waals surface area contributed by atoms with Crippen molar-refractivity contribution in [1.29, 1.82) is 0 Å². The SMILES string of the molecule is CC(=O)Nc1ccc(S(=O)(=O)N[C@@H](C)C(=O)NNC(=O)c2cccc([N+](=O)[O-])c2)cc1. The fraction of sp³-hybridized carbons (Fsp3) is 0.167. The predicted octanol–water partition coefficient (Wildman–Crippen LogP) is 0.681. The normalized spacial score (nSPS) is 11.8. The predicted molar refractivity (Wildman–Crippen MR) is 109 cm³/mol. The van der Waals surface area contributed by atoms with E-state index in [0.717, 1.165) is 6.07 Å². The van der Waals surface area contributed by atoms with Gasteiger partial charge in [-0.25, -0.2) is 8.42 Å². The number of rotatable bonds is 7. The Bertz CT molecular complexity index is 1120. The van der Waals surface area contributed by atoms with Gasteiger partial charge >= 0.3 is 0 Å². The van der Waals surface area contributed by atoms with Gasteiger partial charge in [0, 0.05) is 30.3 Å². The number of nitrogens with zero attached hydrogens (tertiary/aromatic N) is 1. The largest absolute Gasteiger partial charge is 0.326 e. The minimum Gasteiger partial charge on any atom is -0.326 e. The zero-order valence-electron chi connectivity index (χ0n) is 16.4. The molecule has 0 heterocycles. The Hall–Kier alpha value is -3.84. The standard InChI is InChI=1S/C18H19N5O7S/c1-11(22-31(29,30)16-8-6-14(7-9-16)19-12(2)24)17(25)20-21-18(26)13-4-3-5-15(10-13)23(27)28/h3-11,22H,1-2H3,(H,19,24)(H,20,25)(H,21,26)/t11-/m0/s1. The summed E-state index contributed by atoms with van der Waals surface area (Å²) < 4.78 is 27.0. The van der Waals surface area contributed by atoms with Crippen molar-refractivity contribution >= 4 is 39.1 Å². The Balaban J connectivity index is 1.96. The Labute approximate surface area is 177 Å². The number of benzene rings is 2. The minimum absolute atomic E-state index is 0.0676. The van der Waals surface area contributed by atoms with Gasteiger partial charge in [0.1, 0.15) is 0 Å². The summed E-state index contributed by atoms with van der Waals surface area (Å²) >= 11 is 0. The van der Waals surface area contributed by atoms with E-state index in [9.17, 15) is 32.9 Å². The molecule has 0 saturated carbocycles. The number of amides is 3. The fourth-order valence-corrected chi connectivity index (χ4v) is 3.54. The van der Waals surface area contributed by atoms with Crippen molar-refractivity contribution in [3.63, 3.8) is 0 Å². The van der Waals surface area contributed by atoms with E-state index in [1.54, 1.807) is 0 Å². The van der Waals surface area contributed by atoms with Crippen LogP contribution in [0, 0.1) is 10.1 Å². The van der Waals surface area contributed by atoms with Crippen LogP contribution in [0.3, 0.4) is 0 Å². The number of hydrogen-bond donors (Lipinski definition) is 4. The molecule has 0 aliphatic rings. The van der Waals surface area contributed by atoms with Crippen molar-refractivity contribution in [3.8, 4) is 0 Å². The lowest BCUT2D eigenvalue weighted by Crippen LogP contribution is -2.51. The average molecular weight is 449 g/mol. The number of nitro groups is 1. The molecule has 31 heavy (non-hydrogen) atoms. The van der Waals surface area contributed by atoms with Gasteiger partial charge < -0.3 is 5.32 Å². The highest BCUT2D eigenvalue weighted by Gasteiger charge is 2.22. The number of nitro benzene ring substituents is 1. The smallest absolute Gasteiger partial charge is 0.270 e. The third kappa shape index (κ3) is 6.58. The molecule has 0 saturated heterocycles. The van der Waals surface area contributed by atoms with Crippen LogP contribution >= 0.6 is 0 Å². The molecule has 2 aromatic carbocycles. The molecular formula is C18H19N5O7S. The number of nitrogens with one attached hydrogen (secondary N) is 4. The van der Waals surface area contributed by atoms with E-state index in [1.165, 1.54) is 56.3 Å². The summed E-state index contributed by atoms with van der Waals surface area (Å²) in [5.41, 5.74) is 4.15. The first kappa shape index (κ1) is 23.4. The van der Waals surface area contributed by atoms with E-state index >= 15 is 0 Å². The van der Waals surface area contributed by atoms with Crippen molar-refractivity contribution in [3.05, 3.63) is 64.2 Å². The lowest BCUT2D eigenvalue weighted by molar-refractivity contribution is -0.384. The van der Waals surface area contributed by atoms with Crippen molar-refractivity contribution < 1.29 is 27.7 Å². The van der Waals surface area contributed by atoms with Crippen molar-refractivity contribution in [1.82, 2.24) is 15.6 Å². The van der Waals surface area contributed by atoms with E-state index < -0.39 is 32.8 Å². The van der Waals surface area contributed by atoms with Crippen molar-refractivity contribution in [2.24, 2.45) is 0 Å². The molecular weight excluding hydrogens is 430 g/mol. The van der Waals surface area contributed by atoms with Gasteiger partial charge in [-0.3, -0.25) is 35.3 Å². The molecule has 0 fully saturated rings. The van der Waals surface area contributed by atoms with Crippen LogP contribution in [0.15, 0.2) is 53.4 Å². The highest BCUT2D eigenvalue weighted by Crippen LogP contribution is 2.15. The van der Waals surface area contributed by atoms with Gasteiger partial charge in [0.2, 0.25) is 15.9 Å². The van der Waals surface area contributed by atoms with Gasteiger partial charge in [0.15, 0.2) is 0 Å². The molecule has 2 rings (SSSR count). The lowest BCUT2D eigenvalue weighted by Gasteiger charge is -2.15. The summed E-state index contributed by atoms with van der Waals surface area (Å²) in [6.07, 6.45) is 0. The third-order valence-electron chi connectivity index (χ3n) is 3.83. The quantitative estimate of drug-likeness (QED) is 0.355.